The zero-order valence-electron chi connectivity index (χ0n) is 16.2. The predicted molar refractivity (Wildman–Crippen MR) is 102 cm³/mol. The quantitative estimate of drug-likeness (QED) is 0.463. The molecule has 0 atom stereocenters. The van der Waals surface area contributed by atoms with Crippen molar-refractivity contribution in [1.29, 1.82) is 0 Å². The van der Waals surface area contributed by atoms with E-state index in [1.165, 1.54) is 0 Å². The van der Waals surface area contributed by atoms with Crippen LogP contribution in [-0.4, -0.2) is 0 Å². The summed E-state index contributed by atoms with van der Waals surface area (Å²) < 4.78 is 0. The highest BCUT2D eigenvalue weighted by atomic mass is 17.2. The van der Waals surface area contributed by atoms with E-state index in [4.69, 9.17) is 9.78 Å². The molecule has 2 aromatic rings. The highest BCUT2D eigenvalue weighted by molar-refractivity contribution is 5.22. The van der Waals surface area contributed by atoms with Gasteiger partial charge in [0.2, 0.25) is 0 Å². The fraction of sp³-hybridized carbons (Fsp3) is 0.455. The van der Waals surface area contributed by atoms with Crippen LogP contribution in [0.25, 0.3) is 0 Å². The summed E-state index contributed by atoms with van der Waals surface area (Å²) in [5.74, 6) is 0.833. The molecule has 0 radical (unpaired) electrons. The third kappa shape index (κ3) is 6.86. The number of hydrogen-bond acceptors (Lipinski definition) is 2. The molecule has 0 fully saturated rings. The Morgan fingerprint density at radius 3 is 1.08 bits per heavy atom. The summed E-state index contributed by atoms with van der Waals surface area (Å²) in [6, 6.07) is 20.2. The molecule has 0 amide bonds. The van der Waals surface area contributed by atoms with E-state index in [1.807, 2.05) is 88.4 Å². The van der Waals surface area contributed by atoms with E-state index >= 15 is 0 Å². The van der Waals surface area contributed by atoms with Crippen LogP contribution in [0.1, 0.15) is 59.6 Å². The monoisotopic (exact) mass is 328 g/mol. The normalized spacial score (nSPS) is 11.8. The second-order valence-corrected chi connectivity index (χ2v) is 7.65. The average molecular weight is 328 g/mol. The molecule has 0 aromatic heterocycles. The van der Waals surface area contributed by atoms with Gasteiger partial charge in [-0.05, 0) is 44.7 Å². The lowest BCUT2D eigenvalue weighted by Gasteiger charge is -2.31. The van der Waals surface area contributed by atoms with Gasteiger partial charge in [-0.15, -0.1) is 0 Å². The van der Waals surface area contributed by atoms with Crippen molar-refractivity contribution in [3.63, 3.8) is 0 Å². The van der Waals surface area contributed by atoms with Crippen LogP contribution >= 0.6 is 0 Å². The molecule has 2 rings (SSSR count). The Morgan fingerprint density at radius 1 is 0.583 bits per heavy atom. The van der Waals surface area contributed by atoms with Crippen molar-refractivity contribution >= 4 is 0 Å². The highest BCUT2D eigenvalue weighted by Gasteiger charge is 2.29. The van der Waals surface area contributed by atoms with Crippen LogP contribution in [0.3, 0.4) is 0 Å². The van der Waals surface area contributed by atoms with Gasteiger partial charge < -0.3 is 0 Å². The van der Waals surface area contributed by atoms with Crippen LogP contribution in [0.15, 0.2) is 60.7 Å². The summed E-state index contributed by atoms with van der Waals surface area (Å²) in [4.78, 5) is 11.5. The van der Waals surface area contributed by atoms with Gasteiger partial charge in [-0.25, -0.2) is 9.78 Å². The standard InChI is InChI=1S/C18H22O2.C4H10/c1-17(2,15-11-7-5-8-12-15)19-20-18(3,4)16-13-9-6-10-14-16;1-4(2)3/h5-14H,1-4H3;4H,1-3H3. The lowest BCUT2D eigenvalue weighted by atomic mass is 9.98. The van der Waals surface area contributed by atoms with Crippen molar-refractivity contribution in [2.45, 2.75) is 59.7 Å². The Morgan fingerprint density at radius 2 is 0.833 bits per heavy atom. The van der Waals surface area contributed by atoms with Gasteiger partial charge in [-0.2, -0.15) is 0 Å². The first-order valence-corrected chi connectivity index (χ1v) is 8.63. The minimum absolute atomic E-state index is 0.493. The molecule has 2 aromatic carbocycles. The molecule has 0 saturated heterocycles. The van der Waals surface area contributed by atoms with Crippen LogP contribution in [0, 0.1) is 5.92 Å². The summed E-state index contributed by atoms with van der Waals surface area (Å²) in [6.45, 7) is 14.5. The second kappa shape index (κ2) is 9.00. The van der Waals surface area contributed by atoms with Crippen molar-refractivity contribution in [2.24, 2.45) is 5.92 Å². The van der Waals surface area contributed by atoms with E-state index in [0.29, 0.717) is 0 Å². The van der Waals surface area contributed by atoms with Crippen molar-refractivity contribution in [1.82, 2.24) is 0 Å². The van der Waals surface area contributed by atoms with Crippen LogP contribution in [0.4, 0.5) is 0 Å². The summed E-state index contributed by atoms with van der Waals surface area (Å²) in [5, 5.41) is 0. The molecule has 0 aliphatic heterocycles. The van der Waals surface area contributed by atoms with Gasteiger partial charge in [0, 0.05) is 0 Å². The third-order valence-electron chi connectivity index (χ3n) is 3.40. The first-order chi connectivity index (χ1) is 11.1. The van der Waals surface area contributed by atoms with Crippen LogP contribution in [-0.2, 0) is 21.0 Å². The number of rotatable bonds is 5. The Hall–Kier alpha value is -1.64. The van der Waals surface area contributed by atoms with E-state index in [9.17, 15) is 0 Å². The molecule has 0 unspecified atom stereocenters. The molecule has 0 N–H and O–H groups in total. The molecule has 24 heavy (non-hydrogen) atoms. The SMILES string of the molecule is CC(C)(OOC(C)(C)c1ccccc1)c1ccccc1.CC(C)C. The van der Waals surface area contributed by atoms with Gasteiger partial charge in [0.1, 0.15) is 11.2 Å². The first kappa shape index (κ1) is 20.4. The highest BCUT2D eigenvalue weighted by Crippen LogP contribution is 2.31. The molecule has 0 aliphatic carbocycles. The maximum atomic E-state index is 5.73. The van der Waals surface area contributed by atoms with E-state index in [1.54, 1.807) is 0 Å². The van der Waals surface area contributed by atoms with Crippen molar-refractivity contribution in [3.8, 4) is 0 Å². The first-order valence-electron chi connectivity index (χ1n) is 8.63. The summed E-state index contributed by atoms with van der Waals surface area (Å²) in [6.07, 6.45) is 0. The van der Waals surface area contributed by atoms with Gasteiger partial charge in [-0.3, -0.25) is 0 Å². The van der Waals surface area contributed by atoms with Gasteiger partial charge in [0.15, 0.2) is 0 Å². The van der Waals surface area contributed by atoms with Gasteiger partial charge in [0.25, 0.3) is 0 Å². The lowest BCUT2D eigenvalue weighted by molar-refractivity contribution is -0.410. The maximum Gasteiger partial charge on any atom is 0.123 e. The minimum atomic E-state index is -0.493. The maximum absolute atomic E-state index is 5.73. The van der Waals surface area contributed by atoms with Crippen LogP contribution in [0.2, 0.25) is 0 Å². The fourth-order valence-electron chi connectivity index (χ4n) is 1.98. The Kier molecular flexibility index (Phi) is 7.65. The van der Waals surface area contributed by atoms with E-state index in [0.717, 1.165) is 17.0 Å². The van der Waals surface area contributed by atoms with Gasteiger partial charge >= 0.3 is 0 Å². The Bertz CT molecular complexity index is 517. The molecule has 0 saturated carbocycles. The van der Waals surface area contributed by atoms with Crippen LogP contribution < -0.4 is 0 Å². The Balaban J connectivity index is 0.000000648. The van der Waals surface area contributed by atoms with E-state index in [-0.39, 0.29) is 0 Å². The predicted octanol–water partition coefficient (Wildman–Crippen LogP) is 6.47. The largest absolute Gasteiger partial charge is 0.225 e. The van der Waals surface area contributed by atoms with Crippen molar-refractivity contribution in [2.75, 3.05) is 0 Å². The van der Waals surface area contributed by atoms with E-state index in [2.05, 4.69) is 20.8 Å². The molecular formula is C22H32O2. The second-order valence-electron chi connectivity index (χ2n) is 7.65. The molecule has 0 heterocycles. The van der Waals surface area contributed by atoms with Crippen molar-refractivity contribution in [3.05, 3.63) is 71.8 Å². The molecule has 0 spiro atoms. The average Bonchev–Trinajstić information content (AvgIpc) is 2.54. The number of benzene rings is 2. The number of hydrogen-bond donors (Lipinski definition) is 0. The summed E-state index contributed by atoms with van der Waals surface area (Å²) in [7, 11) is 0. The molecule has 0 bridgehead atoms. The van der Waals surface area contributed by atoms with E-state index < -0.39 is 11.2 Å². The molecule has 2 heteroatoms. The topological polar surface area (TPSA) is 18.5 Å². The molecule has 132 valence electrons. The minimum Gasteiger partial charge on any atom is -0.225 e. The Labute approximate surface area is 147 Å². The fourth-order valence-corrected chi connectivity index (χ4v) is 1.98. The third-order valence-corrected chi connectivity index (χ3v) is 3.40. The van der Waals surface area contributed by atoms with Crippen molar-refractivity contribution < 1.29 is 9.78 Å². The zero-order chi connectivity index (χ0) is 18.2. The molecule has 2 nitrogen and oxygen atoms in total. The zero-order valence-corrected chi connectivity index (χ0v) is 16.2. The summed E-state index contributed by atoms with van der Waals surface area (Å²) >= 11 is 0. The smallest absolute Gasteiger partial charge is 0.123 e. The molecule has 0 aliphatic rings. The summed E-state index contributed by atoms with van der Waals surface area (Å²) in [5.41, 5.74) is 1.19. The lowest BCUT2D eigenvalue weighted by Crippen LogP contribution is -2.29. The van der Waals surface area contributed by atoms with Gasteiger partial charge in [0.05, 0.1) is 0 Å². The molecular weight excluding hydrogens is 296 g/mol. The van der Waals surface area contributed by atoms with Crippen LogP contribution in [0.5, 0.6) is 0 Å². The van der Waals surface area contributed by atoms with Gasteiger partial charge in [-0.1, -0.05) is 81.4 Å².